The quantitative estimate of drug-likeness (QED) is 0.856. The molecule has 2 saturated heterocycles. The van der Waals surface area contributed by atoms with Crippen LogP contribution in [0.4, 0.5) is 0 Å². The number of carbonyl (C=O) groups excluding carboxylic acids is 1. The highest BCUT2D eigenvalue weighted by Gasteiger charge is 2.35. The van der Waals surface area contributed by atoms with Crippen molar-refractivity contribution in [2.24, 2.45) is 0 Å². The molecule has 2 fully saturated rings. The minimum Gasteiger partial charge on any atom is -0.395 e. The number of aliphatic hydroxyl groups is 1. The minimum absolute atomic E-state index is 0.115. The van der Waals surface area contributed by atoms with Gasteiger partial charge in [-0.15, -0.1) is 11.3 Å². The Morgan fingerprint density at radius 3 is 3.19 bits per heavy atom. The van der Waals surface area contributed by atoms with E-state index in [2.05, 4.69) is 28.2 Å². The van der Waals surface area contributed by atoms with Crippen LogP contribution in [0.25, 0.3) is 0 Å². The number of amides is 1. The van der Waals surface area contributed by atoms with Crippen molar-refractivity contribution >= 4 is 17.2 Å². The molecule has 0 bridgehead atoms. The second-order valence-electron chi connectivity index (χ2n) is 5.55. The summed E-state index contributed by atoms with van der Waals surface area (Å²) >= 11 is 1.74. The third-order valence-corrected chi connectivity index (χ3v) is 5.06. The molecule has 1 aromatic rings. The lowest BCUT2D eigenvalue weighted by atomic mass is 10.1. The monoisotopic (exact) mass is 304 g/mol. The van der Waals surface area contributed by atoms with Crippen molar-refractivity contribution in [1.29, 1.82) is 0 Å². The summed E-state index contributed by atoms with van der Waals surface area (Å²) in [5.41, 5.74) is 1.08. The lowest BCUT2D eigenvalue weighted by Crippen LogP contribution is -2.50. The van der Waals surface area contributed by atoms with E-state index in [9.17, 15) is 4.79 Å². The lowest BCUT2D eigenvalue weighted by Gasteiger charge is -2.37. The van der Waals surface area contributed by atoms with Gasteiger partial charge in [0.15, 0.2) is 0 Å². The van der Waals surface area contributed by atoms with Crippen molar-refractivity contribution in [2.75, 3.05) is 26.2 Å². The van der Waals surface area contributed by atoms with E-state index in [0.717, 1.165) is 44.6 Å². The number of aliphatic hydroxyl groups excluding tert-OH is 1. The summed E-state index contributed by atoms with van der Waals surface area (Å²) < 4.78 is 0. The Balaban J connectivity index is 1.62. The number of rotatable bonds is 3. The molecule has 5 heteroatoms. The average molecular weight is 304 g/mol. The van der Waals surface area contributed by atoms with E-state index >= 15 is 0 Å². The summed E-state index contributed by atoms with van der Waals surface area (Å²) in [5.74, 6) is 6.46. The van der Waals surface area contributed by atoms with Gasteiger partial charge < -0.3 is 10.0 Å². The molecule has 3 heterocycles. The standard InChI is InChI=1S/C16H20N2O2S/c19-9-2-1-3-13-6-10-21-15(13)12-17-7-8-18-14(11-17)4-5-16(18)20/h6,10,14,19H,2,4-5,7-9,11-12H2. The minimum atomic E-state index is 0.115. The Kier molecular flexibility index (Phi) is 4.59. The fraction of sp³-hybridized carbons (Fsp3) is 0.562. The van der Waals surface area contributed by atoms with E-state index in [-0.39, 0.29) is 6.61 Å². The third kappa shape index (κ3) is 3.29. The third-order valence-electron chi connectivity index (χ3n) is 4.15. The van der Waals surface area contributed by atoms with E-state index < -0.39 is 0 Å². The van der Waals surface area contributed by atoms with Crippen molar-refractivity contribution in [3.63, 3.8) is 0 Å². The van der Waals surface area contributed by atoms with Crippen LogP contribution in [0.5, 0.6) is 0 Å². The fourth-order valence-electron chi connectivity index (χ4n) is 3.06. The molecule has 0 aliphatic carbocycles. The maximum atomic E-state index is 11.7. The number of piperazine rings is 1. The molecule has 21 heavy (non-hydrogen) atoms. The SMILES string of the molecule is O=C1CCC2CN(Cc3sccc3C#CCCO)CCN12. The summed E-state index contributed by atoms with van der Waals surface area (Å²) in [6.45, 7) is 3.82. The predicted molar refractivity (Wildman–Crippen MR) is 82.9 cm³/mol. The normalized spacial score (nSPS) is 22.0. The first-order valence-corrected chi connectivity index (χ1v) is 8.34. The highest BCUT2D eigenvalue weighted by atomic mass is 32.1. The van der Waals surface area contributed by atoms with Gasteiger partial charge in [0, 0.05) is 55.5 Å². The number of thiophene rings is 1. The van der Waals surface area contributed by atoms with Crippen molar-refractivity contribution in [1.82, 2.24) is 9.80 Å². The average Bonchev–Trinajstić information content (AvgIpc) is 3.07. The van der Waals surface area contributed by atoms with Crippen LogP contribution < -0.4 is 0 Å². The zero-order valence-electron chi connectivity index (χ0n) is 12.0. The molecule has 1 atom stereocenters. The van der Waals surface area contributed by atoms with Crippen molar-refractivity contribution in [2.45, 2.75) is 31.8 Å². The molecule has 1 amide bonds. The summed E-state index contributed by atoms with van der Waals surface area (Å²) in [6, 6.07) is 2.47. The molecule has 2 aliphatic rings. The molecule has 1 N–H and O–H groups in total. The molecule has 4 nitrogen and oxygen atoms in total. The Morgan fingerprint density at radius 2 is 2.33 bits per heavy atom. The zero-order valence-corrected chi connectivity index (χ0v) is 12.9. The number of hydrogen-bond donors (Lipinski definition) is 1. The molecule has 1 unspecified atom stereocenters. The number of hydrogen-bond acceptors (Lipinski definition) is 4. The van der Waals surface area contributed by atoms with Crippen LogP contribution >= 0.6 is 11.3 Å². The van der Waals surface area contributed by atoms with Crippen LogP contribution in [0.1, 0.15) is 29.7 Å². The summed E-state index contributed by atoms with van der Waals surface area (Å²) in [7, 11) is 0. The Bertz CT molecular complexity index is 572. The molecule has 0 spiro atoms. The molecule has 2 aliphatic heterocycles. The van der Waals surface area contributed by atoms with Crippen LogP contribution in [0.15, 0.2) is 11.4 Å². The first kappa shape index (κ1) is 14.6. The first-order valence-electron chi connectivity index (χ1n) is 7.46. The summed E-state index contributed by atoms with van der Waals surface area (Å²) in [6.07, 6.45) is 2.25. The predicted octanol–water partition coefficient (Wildman–Crippen LogP) is 1.29. The Morgan fingerprint density at radius 1 is 1.43 bits per heavy atom. The van der Waals surface area contributed by atoms with Crippen LogP contribution in [0.3, 0.4) is 0 Å². The van der Waals surface area contributed by atoms with Crippen LogP contribution in [-0.4, -0.2) is 53.1 Å². The van der Waals surface area contributed by atoms with Crippen molar-refractivity contribution in [3.05, 3.63) is 21.9 Å². The van der Waals surface area contributed by atoms with Crippen molar-refractivity contribution in [3.8, 4) is 11.8 Å². The van der Waals surface area contributed by atoms with E-state index in [1.807, 2.05) is 4.90 Å². The maximum absolute atomic E-state index is 11.7. The van der Waals surface area contributed by atoms with Gasteiger partial charge in [-0.2, -0.15) is 0 Å². The van der Waals surface area contributed by atoms with Gasteiger partial charge in [-0.05, 0) is 17.9 Å². The number of fused-ring (bicyclic) bond motifs is 1. The molecule has 0 radical (unpaired) electrons. The highest BCUT2D eigenvalue weighted by molar-refractivity contribution is 7.10. The van der Waals surface area contributed by atoms with Gasteiger partial charge in [0.05, 0.1) is 6.61 Å². The number of nitrogens with zero attached hydrogens (tertiary/aromatic N) is 2. The van der Waals surface area contributed by atoms with Crippen LogP contribution in [0.2, 0.25) is 0 Å². The van der Waals surface area contributed by atoms with Gasteiger partial charge in [0.1, 0.15) is 0 Å². The molecule has 0 saturated carbocycles. The molecule has 1 aromatic heterocycles. The second-order valence-corrected chi connectivity index (χ2v) is 6.55. The molecular formula is C16H20N2O2S. The Hall–Kier alpha value is -1.35. The van der Waals surface area contributed by atoms with Gasteiger partial charge in [-0.3, -0.25) is 9.69 Å². The second kappa shape index (κ2) is 6.61. The van der Waals surface area contributed by atoms with Gasteiger partial charge in [-0.1, -0.05) is 11.8 Å². The largest absolute Gasteiger partial charge is 0.395 e. The van der Waals surface area contributed by atoms with Crippen molar-refractivity contribution < 1.29 is 9.90 Å². The lowest BCUT2D eigenvalue weighted by molar-refractivity contribution is -0.130. The summed E-state index contributed by atoms with van der Waals surface area (Å²) in [4.78, 5) is 17.5. The number of carbonyl (C=O) groups is 1. The van der Waals surface area contributed by atoms with Gasteiger partial charge in [0.2, 0.25) is 5.91 Å². The smallest absolute Gasteiger partial charge is 0.222 e. The molecule has 0 aromatic carbocycles. The summed E-state index contributed by atoms with van der Waals surface area (Å²) in [5, 5.41) is 10.9. The van der Waals surface area contributed by atoms with E-state index in [4.69, 9.17) is 5.11 Å². The van der Waals surface area contributed by atoms with E-state index in [1.54, 1.807) is 11.3 Å². The highest BCUT2D eigenvalue weighted by Crippen LogP contribution is 2.25. The molecular weight excluding hydrogens is 284 g/mol. The van der Waals surface area contributed by atoms with E-state index in [1.165, 1.54) is 4.88 Å². The molecule has 3 rings (SSSR count). The topological polar surface area (TPSA) is 43.8 Å². The molecule has 112 valence electrons. The van der Waals surface area contributed by atoms with E-state index in [0.29, 0.717) is 18.4 Å². The zero-order chi connectivity index (χ0) is 14.7. The van der Waals surface area contributed by atoms with Crippen LogP contribution in [0, 0.1) is 11.8 Å². The Labute approximate surface area is 129 Å². The first-order chi connectivity index (χ1) is 10.3. The van der Waals surface area contributed by atoms with Gasteiger partial charge in [-0.25, -0.2) is 0 Å². The van der Waals surface area contributed by atoms with Gasteiger partial charge in [0.25, 0.3) is 0 Å². The maximum Gasteiger partial charge on any atom is 0.222 e. The fourth-order valence-corrected chi connectivity index (χ4v) is 3.94. The van der Waals surface area contributed by atoms with Gasteiger partial charge >= 0.3 is 0 Å². The van der Waals surface area contributed by atoms with Crippen LogP contribution in [-0.2, 0) is 11.3 Å².